The molecule has 38 heavy (non-hydrogen) atoms. The van der Waals surface area contributed by atoms with E-state index in [4.69, 9.17) is 4.74 Å². The normalized spacial score (nSPS) is 15.2. The van der Waals surface area contributed by atoms with Gasteiger partial charge in [-0.1, -0.05) is 0 Å². The van der Waals surface area contributed by atoms with E-state index in [1.165, 1.54) is 18.3 Å². The van der Waals surface area contributed by atoms with Crippen LogP contribution in [0.3, 0.4) is 0 Å². The maximum Gasteiger partial charge on any atom is 0.434 e. The van der Waals surface area contributed by atoms with Gasteiger partial charge >= 0.3 is 6.18 Å². The van der Waals surface area contributed by atoms with Crippen molar-refractivity contribution < 1.29 is 35.9 Å². The zero-order valence-corrected chi connectivity index (χ0v) is 20.9. The number of likely N-dealkylation sites (tertiary alicyclic amines) is 1. The van der Waals surface area contributed by atoms with E-state index in [1.807, 2.05) is 0 Å². The Bertz CT molecular complexity index is 1280. The Morgan fingerprint density at radius 2 is 1.97 bits per heavy atom. The first-order valence-electron chi connectivity index (χ1n) is 11.6. The molecule has 1 N–H and O–H groups in total. The first-order chi connectivity index (χ1) is 18.0. The lowest BCUT2D eigenvalue weighted by atomic mass is 10.1. The molecule has 1 saturated heterocycles. The van der Waals surface area contributed by atoms with Crippen LogP contribution in [0.5, 0.6) is 5.75 Å². The molecule has 1 aliphatic rings. The summed E-state index contributed by atoms with van der Waals surface area (Å²) in [4.78, 5) is 22.3. The number of benzene rings is 1. The number of ether oxygens (including phenoxy) is 1. The monoisotopic (exact) mass is 559 g/mol. The molecular formula is C24H23F6N5O2S. The maximum absolute atomic E-state index is 14.4. The molecule has 0 unspecified atom stereocenters. The molecule has 2 aromatic heterocycles. The van der Waals surface area contributed by atoms with Crippen LogP contribution in [-0.4, -0.2) is 57.3 Å². The summed E-state index contributed by atoms with van der Waals surface area (Å²) in [6.45, 7) is 2.07. The fourth-order valence-electron chi connectivity index (χ4n) is 4.07. The molecule has 7 nitrogen and oxygen atoms in total. The van der Waals surface area contributed by atoms with Crippen LogP contribution in [0.4, 0.5) is 32.0 Å². The van der Waals surface area contributed by atoms with Gasteiger partial charge in [-0.2, -0.15) is 17.5 Å². The summed E-state index contributed by atoms with van der Waals surface area (Å²) in [6, 6.07) is 3.80. The quantitative estimate of drug-likeness (QED) is 0.375. The van der Waals surface area contributed by atoms with Crippen molar-refractivity contribution in [1.82, 2.24) is 19.2 Å². The van der Waals surface area contributed by atoms with E-state index < -0.39 is 30.0 Å². The first-order valence-corrected chi connectivity index (χ1v) is 12.4. The van der Waals surface area contributed by atoms with Gasteiger partial charge in [0.1, 0.15) is 6.10 Å². The van der Waals surface area contributed by atoms with E-state index in [-0.39, 0.29) is 41.8 Å². The van der Waals surface area contributed by atoms with E-state index in [1.54, 1.807) is 11.8 Å². The van der Waals surface area contributed by atoms with Crippen LogP contribution in [-0.2, 0) is 12.6 Å². The first kappa shape index (κ1) is 27.8. The zero-order valence-electron chi connectivity index (χ0n) is 20.1. The molecule has 0 spiro atoms. The van der Waals surface area contributed by atoms with Crippen LogP contribution in [0.1, 0.15) is 45.2 Å². The third-order valence-corrected chi connectivity index (χ3v) is 6.82. The lowest BCUT2D eigenvalue weighted by Crippen LogP contribution is -2.40. The Morgan fingerprint density at radius 3 is 2.66 bits per heavy atom. The van der Waals surface area contributed by atoms with E-state index in [2.05, 4.69) is 19.7 Å². The highest BCUT2D eigenvalue weighted by Crippen LogP contribution is 2.29. The second-order valence-corrected chi connectivity index (χ2v) is 9.60. The molecular weight excluding hydrogens is 536 g/mol. The zero-order chi connectivity index (χ0) is 27.4. The highest BCUT2D eigenvalue weighted by Gasteiger charge is 2.33. The fourth-order valence-corrected chi connectivity index (χ4v) is 4.95. The molecule has 3 aromatic rings. The van der Waals surface area contributed by atoms with Gasteiger partial charge in [0.2, 0.25) is 0 Å². The van der Waals surface area contributed by atoms with E-state index in [0.29, 0.717) is 42.7 Å². The number of halogens is 6. The second-order valence-electron chi connectivity index (χ2n) is 8.74. The third kappa shape index (κ3) is 6.98. The summed E-state index contributed by atoms with van der Waals surface area (Å²) < 4.78 is 88.5. The Labute approximate surface area is 218 Å². The Morgan fingerprint density at radius 1 is 1.24 bits per heavy atom. The fraction of sp³-hybridized carbons (Fsp3) is 0.417. The van der Waals surface area contributed by atoms with Crippen LogP contribution >= 0.6 is 11.5 Å². The number of carbonyl (C=O) groups is 1. The van der Waals surface area contributed by atoms with Gasteiger partial charge in [0.15, 0.2) is 17.3 Å². The van der Waals surface area contributed by atoms with Crippen molar-refractivity contribution in [1.29, 1.82) is 0 Å². The highest BCUT2D eigenvalue weighted by molar-refractivity contribution is 7.06. The van der Waals surface area contributed by atoms with Crippen molar-refractivity contribution in [3.8, 4) is 5.75 Å². The summed E-state index contributed by atoms with van der Waals surface area (Å²) in [5.74, 6) is -1.31. The van der Waals surface area contributed by atoms with Gasteiger partial charge < -0.3 is 10.1 Å². The number of amides is 1. The molecule has 1 aromatic carbocycles. The summed E-state index contributed by atoms with van der Waals surface area (Å²) in [5, 5.41) is 2.65. The van der Waals surface area contributed by atoms with Gasteiger partial charge in [-0.05, 0) is 43.4 Å². The largest absolute Gasteiger partial charge is 0.487 e. The summed E-state index contributed by atoms with van der Waals surface area (Å²) in [6.07, 6.45) is -4.83. The number of hydrogen-bond acceptors (Lipinski definition) is 7. The summed E-state index contributed by atoms with van der Waals surface area (Å²) >= 11 is 0.960. The number of hydrogen-bond donors (Lipinski definition) is 1. The van der Waals surface area contributed by atoms with Crippen LogP contribution in [0.25, 0.3) is 0 Å². The van der Waals surface area contributed by atoms with Gasteiger partial charge in [0, 0.05) is 42.3 Å². The molecule has 0 atom stereocenters. The Kier molecular flexibility index (Phi) is 8.51. The number of aryl methyl sites for hydroxylation is 1. The number of anilines is 1. The predicted octanol–water partition coefficient (Wildman–Crippen LogP) is 5.35. The van der Waals surface area contributed by atoms with Crippen molar-refractivity contribution in [2.45, 2.75) is 44.9 Å². The number of alkyl halides is 5. The molecule has 0 radical (unpaired) electrons. The highest BCUT2D eigenvalue weighted by atomic mass is 32.1. The lowest BCUT2D eigenvalue weighted by molar-refractivity contribution is -0.141. The molecule has 1 aliphatic heterocycles. The van der Waals surface area contributed by atoms with Crippen molar-refractivity contribution in [2.24, 2.45) is 0 Å². The number of rotatable bonds is 8. The molecule has 204 valence electrons. The van der Waals surface area contributed by atoms with Gasteiger partial charge in [0.05, 0.1) is 29.7 Å². The molecule has 0 saturated carbocycles. The van der Waals surface area contributed by atoms with Gasteiger partial charge in [-0.3, -0.25) is 14.7 Å². The minimum atomic E-state index is -4.65. The van der Waals surface area contributed by atoms with Crippen molar-refractivity contribution >= 4 is 23.1 Å². The van der Waals surface area contributed by atoms with Gasteiger partial charge in [0.25, 0.3) is 12.3 Å². The molecule has 4 rings (SSSR count). The minimum absolute atomic E-state index is 0.0228. The molecule has 3 heterocycles. The smallest absolute Gasteiger partial charge is 0.434 e. The van der Waals surface area contributed by atoms with Crippen molar-refractivity contribution in [3.63, 3.8) is 0 Å². The van der Waals surface area contributed by atoms with Crippen LogP contribution in [0.2, 0.25) is 0 Å². The SMILES string of the molecule is Cc1nsc(Cc2cncc(C(F)(F)F)n2)c1C(=O)Nc1ccc(F)c(OC2CCN(CC(F)F)CC2)c1. The molecule has 0 aliphatic carbocycles. The number of carbonyl (C=O) groups excluding carboxylic acids is 1. The number of piperidine rings is 1. The Balaban J connectivity index is 1.44. The number of nitrogens with one attached hydrogen (secondary N) is 1. The van der Waals surface area contributed by atoms with E-state index in [9.17, 15) is 31.1 Å². The standard InChI is InChI=1S/C24H23F6N5O2S/c1-13-22(19(38-34-13)9-15-10-31-11-20(32-15)24(28,29)30)23(36)33-14-2-3-17(25)18(8-14)37-16-4-6-35(7-5-16)12-21(26)27/h2-3,8,10-11,16,21H,4-7,9,12H2,1H3,(H,33,36). The van der Waals surface area contributed by atoms with Crippen LogP contribution in [0, 0.1) is 12.7 Å². The van der Waals surface area contributed by atoms with Crippen LogP contribution in [0.15, 0.2) is 30.6 Å². The Hall–Kier alpha value is -3.26. The lowest BCUT2D eigenvalue weighted by Gasteiger charge is -2.31. The van der Waals surface area contributed by atoms with Crippen molar-refractivity contribution in [3.05, 3.63) is 63.9 Å². The average Bonchev–Trinajstić information content (AvgIpc) is 3.21. The predicted molar refractivity (Wildman–Crippen MR) is 127 cm³/mol. The minimum Gasteiger partial charge on any atom is -0.487 e. The van der Waals surface area contributed by atoms with Gasteiger partial charge in [-0.15, -0.1) is 0 Å². The molecule has 0 bridgehead atoms. The maximum atomic E-state index is 14.4. The van der Waals surface area contributed by atoms with E-state index >= 15 is 0 Å². The third-order valence-electron chi connectivity index (χ3n) is 5.89. The van der Waals surface area contributed by atoms with Crippen molar-refractivity contribution in [2.75, 3.05) is 25.0 Å². The van der Waals surface area contributed by atoms with E-state index in [0.717, 1.165) is 17.6 Å². The average molecular weight is 560 g/mol. The molecule has 1 fully saturated rings. The molecule has 1 amide bonds. The molecule has 14 heteroatoms. The topological polar surface area (TPSA) is 80.2 Å². The van der Waals surface area contributed by atoms with Crippen LogP contribution < -0.4 is 10.1 Å². The summed E-state index contributed by atoms with van der Waals surface area (Å²) in [5.41, 5.74) is -0.337. The number of aromatic nitrogens is 3. The number of nitrogens with zero attached hydrogens (tertiary/aromatic N) is 4. The van der Waals surface area contributed by atoms with Gasteiger partial charge in [-0.25, -0.2) is 18.2 Å². The summed E-state index contributed by atoms with van der Waals surface area (Å²) in [7, 11) is 0. The second kappa shape index (κ2) is 11.6.